The molecule has 252 valence electrons. The van der Waals surface area contributed by atoms with Crippen molar-refractivity contribution >= 4 is 22.1 Å². The molecule has 1 saturated heterocycles. The van der Waals surface area contributed by atoms with Crippen molar-refractivity contribution in [2.45, 2.75) is 69.4 Å². The lowest BCUT2D eigenvalue weighted by Gasteiger charge is -2.31. The van der Waals surface area contributed by atoms with Crippen LogP contribution in [0.4, 0.5) is 0 Å². The molecule has 5 heterocycles. The van der Waals surface area contributed by atoms with Gasteiger partial charge in [0.25, 0.3) is 0 Å². The lowest BCUT2D eigenvalue weighted by Crippen LogP contribution is -2.43. The number of rotatable bonds is 8. The predicted octanol–water partition coefficient (Wildman–Crippen LogP) is -0.699. The van der Waals surface area contributed by atoms with Gasteiger partial charge < -0.3 is 40.2 Å². The van der Waals surface area contributed by atoms with Crippen LogP contribution in [0.15, 0.2) is 25.0 Å². The third-order valence-corrected chi connectivity index (χ3v) is 9.22. The molecule has 1 saturated carbocycles. The minimum absolute atomic E-state index is 0.126. The third kappa shape index (κ3) is 6.26. The fraction of sp³-hybridized carbons (Fsp3) is 0.613. The second kappa shape index (κ2) is 13.9. The maximum atomic E-state index is 10.6. The SMILES string of the molecule is Cc1ncnc2c([C@@H]3C[C@H](CO)[C@@H](O)[C@H]3O)cn(CN(C)C)c12.Cc1ncnc2c([C@H]3[C@H](O)[C@H](O)[C@@H](CO)N3CN(C)C)c[nH]c12. The van der Waals surface area contributed by atoms with Crippen LogP contribution in [-0.4, -0.2) is 153 Å². The minimum atomic E-state index is -1.02. The quantitative estimate of drug-likeness (QED) is 0.127. The Morgan fingerprint density at radius 1 is 0.783 bits per heavy atom. The Hall–Kier alpha value is -3.12. The summed E-state index contributed by atoms with van der Waals surface area (Å²) < 4.78 is 2.07. The summed E-state index contributed by atoms with van der Waals surface area (Å²) in [5, 5.41) is 60.4. The van der Waals surface area contributed by atoms with E-state index in [1.54, 1.807) is 6.20 Å². The Morgan fingerprint density at radius 3 is 2.04 bits per heavy atom. The highest BCUT2D eigenvalue weighted by Gasteiger charge is 2.49. The standard InChI is InChI=1S/C16H24N4O3.C15H23N5O3/c1-9-14-13(18-7-17-9)12(5-20(14)8-19(2)3)11-4-10(6-21)15(22)16(11)23;1-8-11-12(18-6-17-8)9(4-16-11)13-15(23)14(22)10(5-21)20(13)7-19(2)3/h5,7,10-11,15-16,21-23H,4,6,8H2,1-3H3;4,6,10,13-16,21-23H,5,7H2,1-3H3/t10-,11+,15-,16+;10-,13+,14-,15+/m11/s1. The molecule has 0 aromatic carbocycles. The molecule has 15 heteroatoms. The highest BCUT2D eigenvalue weighted by Crippen LogP contribution is 2.42. The molecule has 15 nitrogen and oxygen atoms in total. The van der Waals surface area contributed by atoms with E-state index in [4.69, 9.17) is 0 Å². The zero-order valence-corrected chi connectivity index (χ0v) is 27.2. The van der Waals surface area contributed by atoms with Crippen LogP contribution in [0.2, 0.25) is 0 Å². The van der Waals surface area contributed by atoms with Gasteiger partial charge >= 0.3 is 0 Å². The Balaban J connectivity index is 0.000000181. The number of fused-ring (bicyclic) bond motifs is 2. The van der Waals surface area contributed by atoms with Crippen LogP contribution in [0.3, 0.4) is 0 Å². The Bertz CT molecular complexity index is 1630. The Labute approximate surface area is 267 Å². The van der Waals surface area contributed by atoms with Crippen molar-refractivity contribution in [2.75, 3.05) is 48.1 Å². The smallest absolute Gasteiger partial charge is 0.116 e. The number of H-pyrrole nitrogens is 1. The van der Waals surface area contributed by atoms with E-state index in [9.17, 15) is 30.6 Å². The topological polar surface area (TPSA) is 203 Å². The second-order valence-corrected chi connectivity index (χ2v) is 13.0. The largest absolute Gasteiger partial charge is 0.396 e. The average Bonchev–Trinajstić information content (AvgIpc) is 3.73. The maximum Gasteiger partial charge on any atom is 0.116 e. The summed E-state index contributed by atoms with van der Waals surface area (Å²) in [6.07, 6.45) is 3.56. The molecule has 2 fully saturated rings. The molecule has 0 unspecified atom stereocenters. The van der Waals surface area contributed by atoms with Gasteiger partial charge in [-0.15, -0.1) is 0 Å². The molecule has 1 aliphatic heterocycles. The summed E-state index contributed by atoms with van der Waals surface area (Å²) in [7, 11) is 7.79. The van der Waals surface area contributed by atoms with Crippen molar-refractivity contribution in [3.05, 3.63) is 47.6 Å². The van der Waals surface area contributed by atoms with E-state index in [2.05, 4.69) is 29.5 Å². The lowest BCUT2D eigenvalue weighted by atomic mass is 9.96. The molecule has 4 aromatic heterocycles. The van der Waals surface area contributed by atoms with Gasteiger partial charge in [0.2, 0.25) is 0 Å². The van der Waals surface area contributed by atoms with Crippen LogP contribution in [0.25, 0.3) is 22.1 Å². The predicted molar refractivity (Wildman–Crippen MR) is 171 cm³/mol. The Kier molecular flexibility index (Phi) is 10.4. The summed E-state index contributed by atoms with van der Waals surface area (Å²) in [6.45, 7) is 4.66. The van der Waals surface area contributed by atoms with Crippen molar-refractivity contribution in [2.24, 2.45) is 5.92 Å². The first-order valence-corrected chi connectivity index (χ1v) is 15.5. The molecule has 46 heavy (non-hydrogen) atoms. The lowest BCUT2D eigenvalue weighted by molar-refractivity contribution is 0.00239. The highest BCUT2D eigenvalue weighted by molar-refractivity contribution is 5.82. The zero-order valence-electron chi connectivity index (χ0n) is 27.2. The van der Waals surface area contributed by atoms with E-state index in [1.807, 2.05) is 62.9 Å². The number of hydrogen-bond donors (Lipinski definition) is 7. The monoisotopic (exact) mass is 641 g/mol. The van der Waals surface area contributed by atoms with Gasteiger partial charge in [-0.05, 0) is 48.5 Å². The van der Waals surface area contributed by atoms with E-state index in [1.165, 1.54) is 12.7 Å². The summed E-state index contributed by atoms with van der Waals surface area (Å²) in [6, 6.07) is -0.974. The summed E-state index contributed by atoms with van der Waals surface area (Å²) in [5.74, 6) is -0.535. The molecule has 0 radical (unpaired) electrons. The van der Waals surface area contributed by atoms with Crippen molar-refractivity contribution in [3.63, 3.8) is 0 Å². The maximum absolute atomic E-state index is 10.6. The Morgan fingerprint density at radius 2 is 1.43 bits per heavy atom. The van der Waals surface area contributed by atoms with Crippen LogP contribution in [-0.2, 0) is 6.67 Å². The third-order valence-electron chi connectivity index (χ3n) is 9.22. The zero-order chi connectivity index (χ0) is 33.4. The fourth-order valence-electron chi connectivity index (χ4n) is 7.04. The first kappa shape index (κ1) is 34.2. The minimum Gasteiger partial charge on any atom is -0.396 e. The number of aromatic amines is 1. The highest BCUT2D eigenvalue weighted by atomic mass is 16.3. The number of aliphatic hydroxyl groups is 6. The van der Waals surface area contributed by atoms with E-state index in [0.29, 0.717) is 19.8 Å². The molecule has 0 bridgehead atoms. The normalized spacial score (nSPS) is 28.6. The number of likely N-dealkylation sites (tertiary alicyclic amines) is 1. The molecule has 0 spiro atoms. The number of aliphatic hydroxyl groups excluding tert-OH is 6. The number of nitrogens with one attached hydrogen (secondary N) is 1. The first-order valence-electron chi connectivity index (χ1n) is 15.5. The fourth-order valence-corrected chi connectivity index (χ4v) is 7.04. The van der Waals surface area contributed by atoms with Gasteiger partial charge in [-0.3, -0.25) is 14.7 Å². The van der Waals surface area contributed by atoms with Crippen LogP contribution >= 0.6 is 0 Å². The number of hydrogen-bond acceptors (Lipinski definition) is 13. The van der Waals surface area contributed by atoms with Gasteiger partial charge in [-0.25, -0.2) is 19.9 Å². The van der Waals surface area contributed by atoms with E-state index < -0.39 is 36.5 Å². The number of aromatic nitrogens is 6. The molecule has 0 amide bonds. The van der Waals surface area contributed by atoms with Gasteiger partial charge in [0, 0.05) is 42.0 Å². The molecule has 7 N–H and O–H groups in total. The second-order valence-electron chi connectivity index (χ2n) is 13.0. The molecule has 4 aromatic rings. The van der Waals surface area contributed by atoms with Crippen LogP contribution < -0.4 is 0 Å². The van der Waals surface area contributed by atoms with E-state index >= 15 is 0 Å². The number of aryl methyl sites for hydroxylation is 2. The van der Waals surface area contributed by atoms with Crippen molar-refractivity contribution < 1.29 is 30.6 Å². The van der Waals surface area contributed by atoms with Gasteiger partial charge in [0.15, 0.2) is 0 Å². The molecule has 1 aliphatic carbocycles. The van der Waals surface area contributed by atoms with Crippen LogP contribution in [0.5, 0.6) is 0 Å². The molecule has 6 rings (SSSR count). The van der Waals surface area contributed by atoms with Gasteiger partial charge in [-0.1, -0.05) is 0 Å². The van der Waals surface area contributed by atoms with Gasteiger partial charge in [0.05, 0.1) is 83.8 Å². The van der Waals surface area contributed by atoms with Crippen LogP contribution in [0.1, 0.15) is 40.9 Å². The van der Waals surface area contributed by atoms with Crippen molar-refractivity contribution in [3.8, 4) is 0 Å². The first-order chi connectivity index (χ1) is 21.9. The van der Waals surface area contributed by atoms with Gasteiger partial charge in [-0.2, -0.15) is 0 Å². The molecular weight excluding hydrogens is 594 g/mol. The average molecular weight is 642 g/mol. The van der Waals surface area contributed by atoms with Gasteiger partial charge in [0.1, 0.15) is 18.8 Å². The van der Waals surface area contributed by atoms with Crippen molar-refractivity contribution in [1.29, 1.82) is 0 Å². The van der Waals surface area contributed by atoms with Crippen molar-refractivity contribution in [1.82, 2.24) is 44.2 Å². The molecular formula is C31H47N9O6. The molecule has 8 atom stereocenters. The van der Waals surface area contributed by atoms with E-state index in [0.717, 1.165) is 44.6 Å². The summed E-state index contributed by atoms with van der Waals surface area (Å²) in [5.41, 5.74) is 6.74. The summed E-state index contributed by atoms with van der Waals surface area (Å²) in [4.78, 5) is 26.2. The summed E-state index contributed by atoms with van der Waals surface area (Å²) >= 11 is 0. The van der Waals surface area contributed by atoms with Crippen LogP contribution in [0, 0.1) is 19.8 Å². The van der Waals surface area contributed by atoms with E-state index in [-0.39, 0.29) is 25.0 Å². The number of nitrogens with zero attached hydrogens (tertiary/aromatic N) is 8. The molecule has 2 aliphatic rings.